The summed E-state index contributed by atoms with van der Waals surface area (Å²) in [5.74, 6) is 0.751. The Morgan fingerprint density at radius 3 is 1.48 bits per heavy atom. The van der Waals surface area contributed by atoms with E-state index in [1.54, 1.807) is 20.9 Å². The molecule has 2 aromatic rings. The van der Waals surface area contributed by atoms with E-state index in [1.807, 2.05) is 11.3 Å². The van der Waals surface area contributed by atoms with Gasteiger partial charge in [0, 0.05) is 14.5 Å². The molecule has 1 unspecified atom stereocenters. The summed E-state index contributed by atoms with van der Waals surface area (Å²) in [4.78, 5) is 4.64. The predicted octanol–water partition coefficient (Wildman–Crippen LogP) is 22.2. The minimum Gasteiger partial charge on any atom is -0.136 e. The molecular weight excluding hydrogens is 785 g/mol. The van der Waals surface area contributed by atoms with Gasteiger partial charge in [-0.25, -0.2) is 0 Å². The maximum Gasteiger partial charge on any atom is 0.0352 e. The number of thioether (sulfide) groups is 1. The summed E-state index contributed by atoms with van der Waals surface area (Å²) in [6.07, 6.45) is 70.6. The molecule has 2 heterocycles. The largest absolute Gasteiger partial charge is 0.136 e. The second-order valence-corrected chi connectivity index (χ2v) is 22.1. The van der Waals surface area contributed by atoms with Crippen molar-refractivity contribution >= 4 is 39.3 Å². The Morgan fingerprint density at radius 1 is 0.532 bits per heavy atom. The number of allylic oxidation sites excluding steroid dienone is 6. The van der Waals surface area contributed by atoms with Crippen LogP contribution in [0.5, 0.6) is 0 Å². The number of thiophene rings is 1. The minimum absolute atomic E-state index is 0.751. The van der Waals surface area contributed by atoms with Crippen LogP contribution in [0.1, 0.15) is 281 Å². The van der Waals surface area contributed by atoms with Crippen molar-refractivity contribution in [2.24, 2.45) is 5.92 Å². The summed E-state index contributed by atoms with van der Waals surface area (Å²) in [5, 5.41) is 1.50. The number of unbranched alkanes of at least 4 members (excludes halogenated alkanes) is 34. The second kappa shape index (κ2) is 36.7. The highest BCUT2D eigenvalue weighted by Gasteiger charge is 2.26. The topological polar surface area (TPSA) is 0 Å². The van der Waals surface area contributed by atoms with E-state index in [2.05, 4.69) is 80.3 Å². The lowest BCUT2D eigenvalue weighted by molar-refractivity contribution is 0.483. The zero-order chi connectivity index (χ0) is 43.4. The Balaban J connectivity index is 1.08. The lowest BCUT2D eigenvalue weighted by Crippen LogP contribution is -2.13. The molecular formula is C60H98S2. The summed E-state index contributed by atoms with van der Waals surface area (Å²) in [7, 11) is 0. The van der Waals surface area contributed by atoms with Gasteiger partial charge in [-0.3, -0.25) is 0 Å². The first-order valence-corrected chi connectivity index (χ1v) is 29.4. The quantitative estimate of drug-likeness (QED) is 0.0601. The van der Waals surface area contributed by atoms with Crippen LogP contribution in [0.2, 0.25) is 0 Å². The Kier molecular flexibility index (Phi) is 31.4. The van der Waals surface area contributed by atoms with Crippen LogP contribution in [0.25, 0.3) is 16.2 Å². The van der Waals surface area contributed by atoms with Crippen molar-refractivity contribution in [1.82, 2.24) is 0 Å². The molecule has 0 amide bonds. The van der Waals surface area contributed by atoms with Crippen LogP contribution in [0.15, 0.2) is 64.0 Å². The Bertz CT molecular complexity index is 1500. The van der Waals surface area contributed by atoms with Crippen LogP contribution in [0.3, 0.4) is 0 Å². The molecule has 0 spiro atoms. The van der Waals surface area contributed by atoms with E-state index in [0.29, 0.717) is 0 Å². The number of hydrogen-bond donors (Lipinski definition) is 0. The van der Waals surface area contributed by atoms with Crippen molar-refractivity contribution in [3.05, 3.63) is 74.4 Å². The van der Waals surface area contributed by atoms with E-state index in [9.17, 15) is 0 Å². The van der Waals surface area contributed by atoms with Crippen molar-refractivity contribution in [2.75, 3.05) is 0 Å². The molecule has 0 radical (unpaired) electrons. The second-order valence-electron chi connectivity index (χ2n) is 19.8. The van der Waals surface area contributed by atoms with Gasteiger partial charge in [0.25, 0.3) is 0 Å². The van der Waals surface area contributed by atoms with Gasteiger partial charge in [-0.2, -0.15) is 0 Å². The molecule has 0 saturated carbocycles. The van der Waals surface area contributed by atoms with Gasteiger partial charge in [-0.1, -0.05) is 298 Å². The number of aryl methyl sites for hydroxylation is 1. The van der Waals surface area contributed by atoms with Gasteiger partial charge in [0.15, 0.2) is 0 Å². The van der Waals surface area contributed by atoms with E-state index in [1.165, 1.54) is 278 Å². The molecule has 2 aliphatic rings. The molecule has 0 fully saturated rings. The molecule has 1 aromatic heterocycles. The molecule has 350 valence electrons. The highest BCUT2D eigenvalue weighted by Crippen LogP contribution is 2.47. The van der Waals surface area contributed by atoms with Crippen molar-refractivity contribution in [3.8, 4) is 0 Å². The molecule has 0 saturated heterocycles. The molecule has 0 bridgehead atoms. The van der Waals surface area contributed by atoms with Gasteiger partial charge in [0.2, 0.25) is 0 Å². The fourth-order valence-electron chi connectivity index (χ4n) is 10.3. The molecule has 62 heavy (non-hydrogen) atoms. The van der Waals surface area contributed by atoms with Gasteiger partial charge in [-0.05, 0) is 72.4 Å². The van der Waals surface area contributed by atoms with E-state index in [-0.39, 0.29) is 0 Å². The van der Waals surface area contributed by atoms with Crippen molar-refractivity contribution in [2.45, 2.75) is 277 Å². The van der Waals surface area contributed by atoms with Gasteiger partial charge >= 0.3 is 0 Å². The lowest BCUT2D eigenvalue weighted by Gasteiger charge is -2.30. The SMILES string of the molecule is CCCCCCCCCCCCCCCCCCCCc1c(/C=C/C=C2/CC(CCCCCCCCCCCCCCCCCCCC)C3=C(C=CCC3)S2)sc2ccccc12. The van der Waals surface area contributed by atoms with Crippen molar-refractivity contribution < 1.29 is 0 Å². The lowest BCUT2D eigenvalue weighted by atomic mass is 9.84. The van der Waals surface area contributed by atoms with E-state index >= 15 is 0 Å². The van der Waals surface area contributed by atoms with Crippen LogP contribution < -0.4 is 0 Å². The Morgan fingerprint density at radius 2 is 0.984 bits per heavy atom. The van der Waals surface area contributed by atoms with Gasteiger partial charge in [0.05, 0.1) is 0 Å². The van der Waals surface area contributed by atoms with E-state index in [0.717, 1.165) is 5.92 Å². The van der Waals surface area contributed by atoms with Crippen LogP contribution in [-0.2, 0) is 6.42 Å². The van der Waals surface area contributed by atoms with Crippen LogP contribution in [0, 0.1) is 5.92 Å². The molecule has 1 aliphatic heterocycles. The first-order valence-electron chi connectivity index (χ1n) is 27.7. The van der Waals surface area contributed by atoms with E-state index in [4.69, 9.17) is 0 Å². The normalized spacial score (nSPS) is 16.2. The molecule has 1 aromatic carbocycles. The van der Waals surface area contributed by atoms with Gasteiger partial charge < -0.3 is 0 Å². The highest BCUT2D eigenvalue weighted by molar-refractivity contribution is 8.07. The van der Waals surface area contributed by atoms with Crippen LogP contribution in [0.4, 0.5) is 0 Å². The molecule has 1 atom stereocenters. The highest BCUT2D eigenvalue weighted by atomic mass is 32.2. The van der Waals surface area contributed by atoms with Gasteiger partial charge in [0.1, 0.15) is 0 Å². The monoisotopic (exact) mass is 883 g/mol. The average molecular weight is 884 g/mol. The smallest absolute Gasteiger partial charge is 0.0352 e. The Labute approximate surface area is 394 Å². The van der Waals surface area contributed by atoms with Crippen LogP contribution in [-0.4, -0.2) is 0 Å². The van der Waals surface area contributed by atoms with Gasteiger partial charge in [-0.15, -0.1) is 11.3 Å². The first-order chi connectivity index (χ1) is 30.8. The molecule has 4 rings (SSSR count). The first kappa shape index (κ1) is 53.1. The number of rotatable bonds is 40. The number of benzene rings is 1. The number of fused-ring (bicyclic) bond motifs is 1. The third-order valence-electron chi connectivity index (χ3n) is 14.3. The zero-order valence-corrected chi connectivity index (χ0v) is 42.7. The summed E-state index contributed by atoms with van der Waals surface area (Å²) >= 11 is 4.07. The van der Waals surface area contributed by atoms with Crippen LogP contribution >= 0.6 is 23.1 Å². The fourth-order valence-corrected chi connectivity index (χ4v) is 12.8. The zero-order valence-electron chi connectivity index (χ0n) is 41.1. The summed E-state index contributed by atoms with van der Waals surface area (Å²) in [5.41, 5.74) is 3.38. The fraction of sp³-hybridized carbons (Fsp3) is 0.733. The molecule has 1 aliphatic carbocycles. The standard InChI is InChI=1S/C60H98S2/c1-3-5-7-9-11-13-15-17-19-21-23-25-27-29-31-33-35-37-44-53-52-54(61-58-49-41-39-46-55(53)58)45-43-51-60-56(57-48-40-42-50-59(57)62-60)47-38-36-34-32-30-28-26-24-22-20-18-16-14-12-10-8-6-4-2/h40-43,45,48-51,53H,3-39,44,46-47,52H2,1-2H3/b51-43+,54-45-. The van der Waals surface area contributed by atoms with Crippen molar-refractivity contribution in [3.63, 3.8) is 0 Å². The Hall–Kier alpha value is -1.51. The third kappa shape index (κ3) is 23.6. The maximum atomic E-state index is 2.48. The summed E-state index contributed by atoms with van der Waals surface area (Å²) < 4.78 is 1.45. The summed E-state index contributed by atoms with van der Waals surface area (Å²) in [6, 6.07) is 9.17. The third-order valence-corrected chi connectivity index (χ3v) is 16.7. The molecule has 0 N–H and O–H groups in total. The van der Waals surface area contributed by atoms with Crippen molar-refractivity contribution in [1.29, 1.82) is 0 Å². The predicted molar refractivity (Wildman–Crippen MR) is 286 cm³/mol. The molecule has 2 heteroatoms. The summed E-state index contributed by atoms with van der Waals surface area (Å²) in [6.45, 7) is 4.63. The molecule has 0 nitrogen and oxygen atoms in total. The minimum atomic E-state index is 0.751. The van der Waals surface area contributed by atoms with E-state index < -0.39 is 0 Å². The average Bonchev–Trinajstić information content (AvgIpc) is 3.64. The number of hydrogen-bond acceptors (Lipinski definition) is 2. The maximum absolute atomic E-state index is 2.48.